The Hall–Kier alpha value is -1.69. The summed E-state index contributed by atoms with van der Waals surface area (Å²) in [6.45, 7) is 1.93. The average Bonchev–Trinajstić information content (AvgIpc) is 3.12. The van der Waals surface area contributed by atoms with Crippen molar-refractivity contribution < 1.29 is 13.8 Å². The number of carbonyl (C=O) groups excluding carboxylic acids is 1. The number of nitrogens with zero attached hydrogens (tertiary/aromatic N) is 1. The van der Waals surface area contributed by atoms with Gasteiger partial charge < -0.3 is 10.2 Å². The average molecular weight is 348 g/mol. The van der Waals surface area contributed by atoms with E-state index >= 15 is 0 Å². The number of hydrogen-bond donors (Lipinski definition) is 1. The number of benzene rings is 1. The highest BCUT2D eigenvalue weighted by atomic mass is 32.2. The van der Waals surface area contributed by atoms with Crippen LogP contribution in [-0.4, -0.2) is 32.9 Å². The first-order chi connectivity index (χ1) is 11.7. The molecular formula is C18H24N2O3S. The van der Waals surface area contributed by atoms with Crippen molar-refractivity contribution in [2.24, 2.45) is 5.16 Å². The second kappa shape index (κ2) is 7.92. The Bertz CT molecular complexity index is 632. The summed E-state index contributed by atoms with van der Waals surface area (Å²) in [6, 6.07) is 9.77. The van der Waals surface area contributed by atoms with Gasteiger partial charge in [-0.1, -0.05) is 55.3 Å². The molecule has 0 aromatic heterocycles. The number of hydrogen-bond acceptors (Lipinski definition) is 4. The van der Waals surface area contributed by atoms with Gasteiger partial charge in [0.2, 0.25) is 0 Å². The Morgan fingerprint density at radius 2 is 2.04 bits per heavy atom. The lowest BCUT2D eigenvalue weighted by atomic mass is 9.94. The van der Waals surface area contributed by atoms with Crippen LogP contribution in [0.4, 0.5) is 0 Å². The molecule has 24 heavy (non-hydrogen) atoms. The molecule has 5 nitrogen and oxygen atoms in total. The van der Waals surface area contributed by atoms with Gasteiger partial charge in [0, 0.05) is 29.0 Å². The quantitative estimate of drug-likeness (QED) is 0.889. The predicted octanol–water partition coefficient (Wildman–Crippen LogP) is 2.70. The van der Waals surface area contributed by atoms with Crippen molar-refractivity contribution in [1.29, 1.82) is 0 Å². The van der Waals surface area contributed by atoms with Crippen LogP contribution in [0, 0.1) is 0 Å². The summed E-state index contributed by atoms with van der Waals surface area (Å²) in [5.74, 6) is 0.454. The summed E-state index contributed by atoms with van der Waals surface area (Å²) in [5, 5.41) is 7.09. The van der Waals surface area contributed by atoms with Crippen molar-refractivity contribution in [3.63, 3.8) is 0 Å². The van der Waals surface area contributed by atoms with Gasteiger partial charge in [-0.05, 0) is 18.4 Å². The van der Waals surface area contributed by atoms with Crippen LogP contribution in [0.2, 0.25) is 0 Å². The molecule has 3 rings (SSSR count). The highest BCUT2D eigenvalue weighted by Crippen LogP contribution is 2.28. The number of nitrogens with one attached hydrogen (secondary N) is 1. The summed E-state index contributed by atoms with van der Waals surface area (Å²) in [4.78, 5) is 18.0. The normalized spacial score (nSPS) is 27.9. The lowest BCUT2D eigenvalue weighted by Crippen LogP contribution is -2.49. The lowest BCUT2D eigenvalue weighted by Gasteiger charge is -2.31. The smallest absolute Gasteiger partial charge is 0.269 e. The SMILES string of the molecule is CC[S@@](=O)[C@@H]1CCCC[C@@H]1NC(=O)C1=NO[C@H](c2ccccc2)C1. The van der Waals surface area contributed by atoms with Gasteiger partial charge in [0.1, 0.15) is 5.71 Å². The fourth-order valence-electron chi connectivity index (χ4n) is 3.40. The number of amides is 1. The highest BCUT2D eigenvalue weighted by molar-refractivity contribution is 7.85. The molecule has 1 fully saturated rings. The molecule has 6 heteroatoms. The zero-order chi connectivity index (χ0) is 16.9. The maximum atomic E-state index is 12.5. The molecule has 1 aromatic carbocycles. The van der Waals surface area contributed by atoms with Gasteiger partial charge >= 0.3 is 0 Å². The van der Waals surface area contributed by atoms with Gasteiger partial charge in [0.05, 0.1) is 5.25 Å². The Morgan fingerprint density at radius 3 is 2.79 bits per heavy atom. The van der Waals surface area contributed by atoms with Crippen LogP contribution in [0.5, 0.6) is 0 Å². The minimum atomic E-state index is -0.884. The number of carbonyl (C=O) groups is 1. The van der Waals surface area contributed by atoms with Crippen LogP contribution in [-0.2, 0) is 20.4 Å². The van der Waals surface area contributed by atoms with Crippen LogP contribution in [0.1, 0.15) is 50.7 Å². The van der Waals surface area contributed by atoms with Crippen LogP contribution in [0.25, 0.3) is 0 Å². The van der Waals surface area contributed by atoms with Gasteiger partial charge in [0.15, 0.2) is 6.10 Å². The Kier molecular flexibility index (Phi) is 5.66. The molecule has 1 amide bonds. The van der Waals surface area contributed by atoms with E-state index in [1.54, 1.807) is 0 Å². The lowest BCUT2D eigenvalue weighted by molar-refractivity contribution is -0.115. The van der Waals surface area contributed by atoms with E-state index < -0.39 is 10.8 Å². The molecule has 1 aromatic rings. The molecule has 0 spiro atoms. The molecule has 2 aliphatic rings. The number of rotatable bonds is 5. The summed E-state index contributed by atoms with van der Waals surface area (Å²) < 4.78 is 12.2. The number of oxime groups is 1. The Morgan fingerprint density at radius 1 is 1.29 bits per heavy atom. The van der Waals surface area contributed by atoms with Gasteiger partial charge in [-0.25, -0.2) is 0 Å². The molecular weight excluding hydrogens is 324 g/mol. The molecule has 1 saturated carbocycles. The molecule has 0 unspecified atom stereocenters. The standard InChI is InChI=1S/C18H24N2O3S/c1-2-24(22)17-11-7-6-10-14(17)19-18(21)15-12-16(23-20-15)13-8-4-3-5-9-13/h3-5,8-9,14,16-17H,2,6-7,10-12H2,1H3,(H,19,21)/t14-,16-,17+,24+/m0/s1. The maximum absolute atomic E-state index is 12.5. The van der Waals surface area contributed by atoms with E-state index in [1.165, 1.54) is 0 Å². The molecule has 1 aliphatic heterocycles. The molecule has 4 atom stereocenters. The first-order valence-electron chi connectivity index (χ1n) is 8.64. The van der Waals surface area contributed by atoms with Crippen molar-refractivity contribution in [2.75, 3.05) is 5.75 Å². The largest absolute Gasteiger partial charge is 0.387 e. The van der Waals surface area contributed by atoms with E-state index in [2.05, 4.69) is 10.5 Å². The van der Waals surface area contributed by atoms with E-state index in [1.807, 2.05) is 37.3 Å². The third-order valence-corrected chi connectivity index (χ3v) is 6.55. The van der Waals surface area contributed by atoms with E-state index in [0.29, 0.717) is 17.9 Å². The van der Waals surface area contributed by atoms with E-state index in [9.17, 15) is 9.00 Å². The molecule has 0 radical (unpaired) electrons. The Labute approximate surface area is 145 Å². The van der Waals surface area contributed by atoms with Crippen molar-refractivity contribution in [3.8, 4) is 0 Å². The molecule has 0 saturated heterocycles. The highest BCUT2D eigenvalue weighted by Gasteiger charge is 2.33. The molecule has 1 heterocycles. The van der Waals surface area contributed by atoms with E-state index in [0.717, 1.165) is 31.2 Å². The summed E-state index contributed by atoms with van der Waals surface area (Å²) in [6.07, 6.45) is 4.24. The van der Waals surface area contributed by atoms with Crippen molar-refractivity contribution in [1.82, 2.24) is 5.32 Å². The van der Waals surface area contributed by atoms with Crippen molar-refractivity contribution >= 4 is 22.4 Å². The van der Waals surface area contributed by atoms with Crippen LogP contribution < -0.4 is 5.32 Å². The zero-order valence-corrected chi connectivity index (χ0v) is 14.8. The fraction of sp³-hybridized carbons (Fsp3) is 0.556. The van der Waals surface area contributed by atoms with Gasteiger partial charge in [-0.15, -0.1) is 0 Å². The van der Waals surface area contributed by atoms with E-state index in [-0.39, 0.29) is 23.3 Å². The predicted molar refractivity (Wildman–Crippen MR) is 95.2 cm³/mol. The maximum Gasteiger partial charge on any atom is 0.269 e. The minimum Gasteiger partial charge on any atom is -0.387 e. The summed E-state index contributed by atoms with van der Waals surface area (Å²) in [5.41, 5.74) is 1.45. The van der Waals surface area contributed by atoms with Crippen molar-refractivity contribution in [3.05, 3.63) is 35.9 Å². The fourth-order valence-corrected chi connectivity index (χ4v) is 4.83. The molecule has 1 N–H and O–H groups in total. The monoisotopic (exact) mass is 348 g/mol. The van der Waals surface area contributed by atoms with Crippen LogP contribution in [0.3, 0.4) is 0 Å². The first kappa shape index (κ1) is 17.1. The molecule has 0 bridgehead atoms. The first-order valence-corrected chi connectivity index (χ1v) is 10.0. The van der Waals surface area contributed by atoms with E-state index in [4.69, 9.17) is 4.84 Å². The second-order valence-corrected chi connectivity index (χ2v) is 8.26. The second-order valence-electron chi connectivity index (χ2n) is 6.32. The van der Waals surface area contributed by atoms with Crippen LogP contribution >= 0.6 is 0 Å². The van der Waals surface area contributed by atoms with Gasteiger partial charge in [-0.2, -0.15) is 0 Å². The molecule has 1 aliphatic carbocycles. The minimum absolute atomic E-state index is 0.0227. The summed E-state index contributed by atoms with van der Waals surface area (Å²) in [7, 11) is -0.884. The van der Waals surface area contributed by atoms with Crippen LogP contribution in [0.15, 0.2) is 35.5 Å². The third kappa shape index (κ3) is 3.86. The summed E-state index contributed by atoms with van der Waals surface area (Å²) >= 11 is 0. The van der Waals surface area contributed by atoms with Gasteiger partial charge in [0.25, 0.3) is 5.91 Å². The third-order valence-electron chi connectivity index (χ3n) is 4.74. The zero-order valence-electron chi connectivity index (χ0n) is 13.9. The Balaban J connectivity index is 1.60. The van der Waals surface area contributed by atoms with Gasteiger partial charge in [-0.3, -0.25) is 9.00 Å². The molecule has 130 valence electrons. The topological polar surface area (TPSA) is 67.8 Å². The van der Waals surface area contributed by atoms with Crippen molar-refractivity contribution in [2.45, 2.75) is 56.4 Å².